The number of hydrogen-bond acceptors (Lipinski definition) is 4. The van der Waals surface area contributed by atoms with Gasteiger partial charge in [-0.2, -0.15) is 0 Å². The molecule has 134 valence electrons. The predicted molar refractivity (Wildman–Crippen MR) is 103 cm³/mol. The molecule has 0 aliphatic carbocycles. The van der Waals surface area contributed by atoms with Gasteiger partial charge in [-0.3, -0.25) is 4.79 Å². The van der Waals surface area contributed by atoms with Crippen molar-refractivity contribution in [2.75, 3.05) is 30.3 Å². The molecule has 2 aromatic carbocycles. The van der Waals surface area contributed by atoms with Gasteiger partial charge in [-0.1, -0.05) is 0 Å². The summed E-state index contributed by atoms with van der Waals surface area (Å²) >= 11 is 1.76. The predicted octanol–water partition coefficient (Wildman–Crippen LogP) is 3.86. The van der Waals surface area contributed by atoms with Crippen LogP contribution in [0.3, 0.4) is 0 Å². The number of carboxylic acid groups (broad SMARTS) is 1. The number of carboxylic acids is 1. The minimum absolute atomic E-state index is 0.119. The number of amides is 1. The fourth-order valence-corrected chi connectivity index (χ4v) is 4.54. The van der Waals surface area contributed by atoms with Crippen molar-refractivity contribution in [1.82, 2.24) is 4.90 Å². The van der Waals surface area contributed by atoms with Crippen LogP contribution in [0.1, 0.15) is 33.6 Å². The molecule has 1 N–H and O–H groups in total. The molecule has 0 radical (unpaired) electrons. The molecule has 0 aromatic heterocycles. The van der Waals surface area contributed by atoms with Gasteiger partial charge in [-0.05, 0) is 55.3 Å². The van der Waals surface area contributed by atoms with Gasteiger partial charge in [0.1, 0.15) is 0 Å². The maximum atomic E-state index is 12.6. The van der Waals surface area contributed by atoms with E-state index in [1.807, 2.05) is 35.2 Å². The molecule has 0 spiro atoms. The number of rotatable bonds is 3. The second-order valence-electron chi connectivity index (χ2n) is 6.53. The summed E-state index contributed by atoms with van der Waals surface area (Å²) in [7, 11) is 0. The van der Waals surface area contributed by atoms with Crippen molar-refractivity contribution in [3.8, 4) is 0 Å². The molecule has 0 saturated carbocycles. The second-order valence-corrected chi connectivity index (χ2v) is 7.67. The summed E-state index contributed by atoms with van der Waals surface area (Å²) in [6.07, 6.45) is 2.18. The average molecular weight is 368 g/mol. The van der Waals surface area contributed by atoms with Crippen LogP contribution in [0.15, 0.2) is 47.4 Å². The van der Waals surface area contributed by atoms with E-state index >= 15 is 0 Å². The van der Waals surface area contributed by atoms with Crippen LogP contribution in [-0.4, -0.2) is 47.3 Å². The van der Waals surface area contributed by atoms with Crippen LogP contribution in [-0.2, 0) is 0 Å². The van der Waals surface area contributed by atoms with E-state index in [1.165, 1.54) is 0 Å². The molecule has 5 nitrogen and oxygen atoms in total. The van der Waals surface area contributed by atoms with Gasteiger partial charge in [0, 0.05) is 41.5 Å². The Balaban J connectivity index is 1.62. The van der Waals surface area contributed by atoms with E-state index < -0.39 is 5.97 Å². The number of fused-ring (bicyclic) bond motifs is 1. The molecule has 2 aromatic rings. The summed E-state index contributed by atoms with van der Waals surface area (Å²) in [4.78, 5) is 28.9. The molecular formula is C20H20N2O3S. The number of nitrogens with zero attached hydrogens (tertiary/aromatic N) is 2. The first-order chi connectivity index (χ1) is 12.6. The number of benzene rings is 2. The van der Waals surface area contributed by atoms with Gasteiger partial charge < -0.3 is 14.9 Å². The number of anilines is 2. The molecule has 1 saturated heterocycles. The van der Waals surface area contributed by atoms with Crippen LogP contribution in [0, 0.1) is 0 Å². The second kappa shape index (κ2) is 7.03. The first-order valence-corrected chi connectivity index (χ1v) is 9.79. The number of carbonyl (C=O) groups excluding carboxylic acids is 1. The van der Waals surface area contributed by atoms with Gasteiger partial charge in [-0.25, -0.2) is 4.79 Å². The summed E-state index contributed by atoms with van der Waals surface area (Å²) in [5.41, 5.74) is 3.07. The molecule has 6 heteroatoms. The zero-order valence-corrected chi connectivity index (χ0v) is 15.2. The van der Waals surface area contributed by atoms with Crippen LogP contribution in [0.25, 0.3) is 0 Å². The lowest BCUT2D eigenvalue weighted by Gasteiger charge is -2.31. The topological polar surface area (TPSA) is 60.9 Å². The molecule has 0 atom stereocenters. The fourth-order valence-electron chi connectivity index (χ4n) is 3.51. The van der Waals surface area contributed by atoms with Gasteiger partial charge in [-0.15, -0.1) is 11.8 Å². The van der Waals surface area contributed by atoms with E-state index in [2.05, 4.69) is 4.90 Å². The quantitative estimate of drug-likeness (QED) is 0.891. The monoisotopic (exact) mass is 368 g/mol. The normalized spacial score (nSPS) is 16.5. The van der Waals surface area contributed by atoms with E-state index in [0.717, 1.165) is 60.1 Å². The van der Waals surface area contributed by atoms with E-state index in [0.29, 0.717) is 0 Å². The first-order valence-electron chi connectivity index (χ1n) is 8.80. The fraction of sp³-hybridized carbons (Fsp3) is 0.300. The highest BCUT2D eigenvalue weighted by Gasteiger charge is 2.23. The number of likely N-dealkylation sites (tertiary alicyclic amines) is 1. The number of thioether (sulfide) groups is 1. The van der Waals surface area contributed by atoms with Gasteiger partial charge in [0.15, 0.2) is 0 Å². The summed E-state index contributed by atoms with van der Waals surface area (Å²) in [6, 6.07) is 12.9. The van der Waals surface area contributed by atoms with Gasteiger partial charge >= 0.3 is 5.97 Å². The minimum atomic E-state index is -0.920. The Morgan fingerprint density at radius 3 is 2.31 bits per heavy atom. The van der Waals surface area contributed by atoms with Gasteiger partial charge in [0.2, 0.25) is 0 Å². The lowest BCUT2D eigenvalue weighted by molar-refractivity contribution is 0.0696. The molecule has 1 fully saturated rings. The molecule has 0 unspecified atom stereocenters. The van der Waals surface area contributed by atoms with Crippen LogP contribution in [0.4, 0.5) is 11.4 Å². The maximum Gasteiger partial charge on any atom is 0.335 e. The van der Waals surface area contributed by atoms with E-state index in [1.54, 1.807) is 23.9 Å². The van der Waals surface area contributed by atoms with Crippen molar-refractivity contribution >= 4 is 35.0 Å². The molecule has 26 heavy (non-hydrogen) atoms. The SMILES string of the molecule is O=C(O)c1ccc(N2CCSc3cc(C(=O)N4CCCC4)ccc32)cc1. The third-order valence-electron chi connectivity index (χ3n) is 4.89. The van der Waals surface area contributed by atoms with E-state index in [4.69, 9.17) is 5.11 Å². The molecule has 2 heterocycles. The lowest BCUT2D eigenvalue weighted by atomic mass is 10.1. The minimum Gasteiger partial charge on any atom is -0.478 e. The Kier molecular flexibility index (Phi) is 4.59. The van der Waals surface area contributed by atoms with Crippen LogP contribution in [0.2, 0.25) is 0 Å². The first kappa shape index (κ1) is 17.0. The standard InChI is InChI=1S/C20H20N2O3S/c23-19(21-9-1-2-10-21)15-5-8-17-18(13-15)26-12-11-22(17)16-6-3-14(4-7-16)20(24)25/h3-8,13H,1-2,9-12H2,(H,24,25). The Labute approximate surface area is 156 Å². The summed E-state index contributed by atoms with van der Waals surface area (Å²) < 4.78 is 0. The van der Waals surface area contributed by atoms with Gasteiger partial charge in [0.25, 0.3) is 5.91 Å². The van der Waals surface area contributed by atoms with Crippen molar-refractivity contribution in [2.45, 2.75) is 17.7 Å². The van der Waals surface area contributed by atoms with Crippen molar-refractivity contribution < 1.29 is 14.7 Å². The molecule has 1 amide bonds. The highest BCUT2D eigenvalue weighted by Crippen LogP contribution is 2.39. The smallest absolute Gasteiger partial charge is 0.335 e. The zero-order valence-electron chi connectivity index (χ0n) is 14.4. The third-order valence-corrected chi connectivity index (χ3v) is 5.91. The van der Waals surface area contributed by atoms with Crippen molar-refractivity contribution in [3.63, 3.8) is 0 Å². The van der Waals surface area contributed by atoms with Crippen LogP contribution < -0.4 is 4.90 Å². The maximum absolute atomic E-state index is 12.6. The van der Waals surface area contributed by atoms with Gasteiger partial charge in [0.05, 0.1) is 11.3 Å². The summed E-state index contributed by atoms with van der Waals surface area (Å²) in [5, 5.41) is 9.06. The van der Waals surface area contributed by atoms with Crippen LogP contribution in [0.5, 0.6) is 0 Å². The van der Waals surface area contributed by atoms with E-state index in [9.17, 15) is 9.59 Å². The van der Waals surface area contributed by atoms with Crippen molar-refractivity contribution in [2.24, 2.45) is 0 Å². The highest BCUT2D eigenvalue weighted by molar-refractivity contribution is 7.99. The lowest BCUT2D eigenvalue weighted by Crippen LogP contribution is -2.28. The summed E-state index contributed by atoms with van der Waals surface area (Å²) in [6.45, 7) is 2.56. The number of hydrogen-bond donors (Lipinski definition) is 1. The highest BCUT2D eigenvalue weighted by atomic mass is 32.2. The Morgan fingerprint density at radius 2 is 1.62 bits per heavy atom. The Bertz CT molecular complexity index is 845. The molecule has 0 bridgehead atoms. The third kappa shape index (κ3) is 3.17. The molecular weight excluding hydrogens is 348 g/mol. The van der Waals surface area contributed by atoms with Crippen molar-refractivity contribution in [1.29, 1.82) is 0 Å². The molecule has 4 rings (SSSR count). The summed E-state index contributed by atoms with van der Waals surface area (Å²) in [5.74, 6) is 0.125. The van der Waals surface area contributed by atoms with Crippen LogP contribution >= 0.6 is 11.8 Å². The Hall–Kier alpha value is -2.47. The van der Waals surface area contributed by atoms with E-state index in [-0.39, 0.29) is 11.5 Å². The zero-order chi connectivity index (χ0) is 18.1. The largest absolute Gasteiger partial charge is 0.478 e. The molecule has 2 aliphatic rings. The number of carbonyl (C=O) groups is 2. The van der Waals surface area contributed by atoms with Crippen molar-refractivity contribution in [3.05, 3.63) is 53.6 Å². The number of aromatic carboxylic acids is 1. The average Bonchev–Trinajstić information content (AvgIpc) is 3.21. The molecule has 2 aliphatic heterocycles. The Morgan fingerprint density at radius 1 is 0.923 bits per heavy atom.